The third kappa shape index (κ3) is 2.93. The summed E-state index contributed by atoms with van der Waals surface area (Å²) in [7, 11) is 2.99. The molecule has 0 aliphatic rings. The maximum atomic E-state index is 12.4. The van der Waals surface area contributed by atoms with E-state index in [4.69, 9.17) is 25.5 Å². The molecule has 0 saturated heterocycles. The van der Waals surface area contributed by atoms with Gasteiger partial charge in [0.15, 0.2) is 12.0 Å². The van der Waals surface area contributed by atoms with Gasteiger partial charge >= 0.3 is 0 Å². The van der Waals surface area contributed by atoms with Crippen LogP contribution in [0.4, 0.5) is 5.69 Å². The van der Waals surface area contributed by atoms with Crippen LogP contribution in [-0.2, 0) is 0 Å². The molecule has 0 aliphatic carbocycles. The molecule has 0 saturated carbocycles. The molecule has 0 fully saturated rings. The maximum absolute atomic E-state index is 12.4. The molecule has 1 amide bonds. The predicted molar refractivity (Wildman–Crippen MR) is 86.5 cm³/mol. The standard InChI is InChI=1S/C16H13ClN2O4/c1-21-14-7-12(15(22-2)6-10(14)17)19-16(20)9-3-4-13-11(5-9)18-8-23-13/h3-8H,1-2H3,(H,19,20). The van der Waals surface area contributed by atoms with Gasteiger partial charge in [0.1, 0.15) is 17.0 Å². The van der Waals surface area contributed by atoms with Crippen LogP contribution < -0.4 is 14.8 Å². The molecule has 0 unspecified atom stereocenters. The van der Waals surface area contributed by atoms with Crippen molar-refractivity contribution in [2.75, 3.05) is 19.5 Å². The number of ether oxygens (including phenoxy) is 2. The molecule has 1 N–H and O–H groups in total. The molecule has 3 aromatic rings. The number of amides is 1. The molecule has 2 aromatic carbocycles. The molecule has 0 spiro atoms. The fourth-order valence-corrected chi connectivity index (χ4v) is 2.38. The Labute approximate surface area is 137 Å². The zero-order valence-electron chi connectivity index (χ0n) is 12.4. The van der Waals surface area contributed by atoms with E-state index in [1.807, 2.05) is 0 Å². The van der Waals surface area contributed by atoms with Gasteiger partial charge in [-0.3, -0.25) is 4.79 Å². The van der Waals surface area contributed by atoms with Gasteiger partial charge in [-0.25, -0.2) is 4.98 Å². The van der Waals surface area contributed by atoms with Gasteiger partial charge in [-0.05, 0) is 18.2 Å². The molecule has 7 heteroatoms. The third-order valence-corrected chi connectivity index (χ3v) is 3.61. The highest BCUT2D eigenvalue weighted by Crippen LogP contribution is 2.36. The fourth-order valence-electron chi connectivity index (χ4n) is 2.15. The lowest BCUT2D eigenvalue weighted by atomic mass is 10.2. The Morgan fingerprint density at radius 1 is 1.17 bits per heavy atom. The summed E-state index contributed by atoms with van der Waals surface area (Å²) >= 11 is 6.05. The Balaban J connectivity index is 1.92. The largest absolute Gasteiger partial charge is 0.495 e. The van der Waals surface area contributed by atoms with Gasteiger partial charge in [-0.1, -0.05) is 11.6 Å². The number of oxazole rings is 1. The maximum Gasteiger partial charge on any atom is 0.255 e. The molecule has 1 heterocycles. The number of rotatable bonds is 4. The molecule has 0 bridgehead atoms. The van der Waals surface area contributed by atoms with Crippen LogP contribution in [0.1, 0.15) is 10.4 Å². The lowest BCUT2D eigenvalue weighted by Gasteiger charge is -2.13. The Bertz CT molecular complexity index is 876. The quantitative estimate of drug-likeness (QED) is 0.787. The topological polar surface area (TPSA) is 73.6 Å². The highest BCUT2D eigenvalue weighted by Gasteiger charge is 2.14. The van der Waals surface area contributed by atoms with Crippen molar-refractivity contribution >= 4 is 34.3 Å². The van der Waals surface area contributed by atoms with Crippen molar-refractivity contribution in [3.63, 3.8) is 0 Å². The number of carbonyl (C=O) groups excluding carboxylic acids is 1. The van der Waals surface area contributed by atoms with Gasteiger partial charge in [0.05, 0.1) is 24.9 Å². The molecule has 6 nitrogen and oxygen atoms in total. The first kappa shape index (κ1) is 15.2. The van der Waals surface area contributed by atoms with E-state index in [0.717, 1.165) is 0 Å². The number of methoxy groups -OCH3 is 2. The second kappa shape index (κ2) is 6.18. The summed E-state index contributed by atoms with van der Waals surface area (Å²) in [5.41, 5.74) is 2.13. The molecule has 118 valence electrons. The molecular formula is C16H13ClN2O4. The van der Waals surface area contributed by atoms with Crippen LogP contribution in [0.15, 0.2) is 41.1 Å². The SMILES string of the molecule is COc1cc(NC(=O)c2ccc3ocnc3c2)c(OC)cc1Cl. The van der Waals surface area contributed by atoms with E-state index in [9.17, 15) is 4.79 Å². The smallest absolute Gasteiger partial charge is 0.255 e. The number of nitrogens with one attached hydrogen (secondary N) is 1. The number of hydrogen-bond acceptors (Lipinski definition) is 5. The average molecular weight is 333 g/mol. The normalized spacial score (nSPS) is 10.6. The van der Waals surface area contributed by atoms with Crippen LogP contribution in [0, 0.1) is 0 Å². The first-order valence-corrected chi connectivity index (χ1v) is 7.06. The fraction of sp³-hybridized carbons (Fsp3) is 0.125. The number of halogens is 1. The molecule has 3 rings (SSSR count). The van der Waals surface area contributed by atoms with Crippen LogP contribution in [0.2, 0.25) is 5.02 Å². The number of hydrogen-bond donors (Lipinski definition) is 1. The van der Waals surface area contributed by atoms with Gasteiger partial charge in [0.2, 0.25) is 0 Å². The van der Waals surface area contributed by atoms with E-state index in [1.165, 1.54) is 20.6 Å². The van der Waals surface area contributed by atoms with E-state index < -0.39 is 0 Å². The van der Waals surface area contributed by atoms with E-state index in [-0.39, 0.29) is 5.91 Å². The second-order valence-electron chi connectivity index (χ2n) is 4.68. The minimum absolute atomic E-state index is 0.308. The molecule has 1 aromatic heterocycles. The van der Waals surface area contributed by atoms with Crippen LogP contribution in [0.3, 0.4) is 0 Å². The average Bonchev–Trinajstić information content (AvgIpc) is 3.03. The molecule has 0 aliphatic heterocycles. The van der Waals surface area contributed by atoms with Gasteiger partial charge in [-0.15, -0.1) is 0 Å². The van der Waals surface area contributed by atoms with Crippen LogP contribution in [-0.4, -0.2) is 25.1 Å². The second-order valence-corrected chi connectivity index (χ2v) is 5.08. The van der Waals surface area contributed by atoms with Crippen molar-refractivity contribution < 1.29 is 18.7 Å². The summed E-state index contributed by atoms with van der Waals surface area (Å²) in [5, 5.41) is 3.17. The Morgan fingerprint density at radius 2 is 1.96 bits per heavy atom. The van der Waals surface area contributed by atoms with Gasteiger partial charge < -0.3 is 19.2 Å². The van der Waals surface area contributed by atoms with Gasteiger partial charge in [0, 0.05) is 17.7 Å². The Morgan fingerprint density at radius 3 is 2.70 bits per heavy atom. The number of nitrogens with zero attached hydrogens (tertiary/aromatic N) is 1. The third-order valence-electron chi connectivity index (χ3n) is 3.31. The van der Waals surface area contributed by atoms with Gasteiger partial charge in [-0.2, -0.15) is 0 Å². The van der Waals surface area contributed by atoms with E-state index in [0.29, 0.717) is 38.9 Å². The van der Waals surface area contributed by atoms with Crippen molar-refractivity contribution in [1.29, 1.82) is 0 Å². The molecule has 0 atom stereocenters. The van der Waals surface area contributed by atoms with E-state index in [2.05, 4.69) is 10.3 Å². The van der Waals surface area contributed by atoms with Crippen molar-refractivity contribution in [3.05, 3.63) is 47.3 Å². The molecule has 23 heavy (non-hydrogen) atoms. The first-order valence-electron chi connectivity index (χ1n) is 6.68. The zero-order valence-corrected chi connectivity index (χ0v) is 13.2. The summed E-state index contributed by atoms with van der Waals surface area (Å²) < 4.78 is 15.6. The number of aromatic nitrogens is 1. The summed E-state index contributed by atoms with van der Waals surface area (Å²) in [4.78, 5) is 16.5. The number of fused-ring (bicyclic) bond motifs is 1. The van der Waals surface area contributed by atoms with Crippen LogP contribution in [0.25, 0.3) is 11.1 Å². The monoisotopic (exact) mass is 332 g/mol. The van der Waals surface area contributed by atoms with E-state index >= 15 is 0 Å². The highest BCUT2D eigenvalue weighted by molar-refractivity contribution is 6.32. The minimum Gasteiger partial charge on any atom is -0.495 e. The summed E-state index contributed by atoms with van der Waals surface area (Å²) in [6.45, 7) is 0. The Hall–Kier alpha value is -2.73. The highest BCUT2D eigenvalue weighted by atomic mass is 35.5. The Kier molecular flexibility index (Phi) is 4.08. The molecule has 0 radical (unpaired) electrons. The minimum atomic E-state index is -0.308. The summed E-state index contributed by atoms with van der Waals surface area (Å²) in [6, 6.07) is 8.18. The number of benzene rings is 2. The first-order chi connectivity index (χ1) is 11.1. The predicted octanol–water partition coefficient (Wildman–Crippen LogP) is 3.75. The van der Waals surface area contributed by atoms with Crippen molar-refractivity contribution in [3.8, 4) is 11.5 Å². The summed E-state index contributed by atoms with van der Waals surface area (Å²) in [5.74, 6) is 0.568. The van der Waals surface area contributed by atoms with Gasteiger partial charge in [0.25, 0.3) is 5.91 Å². The van der Waals surface area contributed by atoms with Crippen LogP contribution in [0.5, 0.6) is 11.5 Å². The van der Waals surface area contributed by atoms with Crippen molar-refractivity contribution in [1.82, 2.24) is 4.98 Å². The lowest BCUT2D eigenvalue weighted by Crippen LogP contribution is -2.12. The van der Waals surface area contributed by atoms with E-state index in [1.54, 1.807) is 30.3 Å². The lowest BCUT2D eigenvalue weighted by molar-refractivity contribution is 0.102. The van der Waals surface area contributed by atoms with Crippen molar-refractivity contribution in [2.24, 2.45) is 0 Å². The number of carbonyl (C=O) groups is 1. The summed E-state index contributed by atoms with van der Waals surface area (Å²) in [6.07, 6.45) is 1.33. The molecular weight excluding hydrogens is 320 g/mol. The van der Waals surface area contributed by atoms with Crippen molar-refractivity contribution in [2.45, 2.75) is 0 Å². The van der Waals surface area contributed by atoms with Crippen LogP contribution >= 0.6 is 11.6 Å². The number of anilines is 1. The zero-order chi connectivity index (χ0) is 16.4.